The number of pyridine rings is 1. The van der Waals surface area contributed by atoms with Gasteiger partial charge in [-0.2, -0.15) is 0 Å². The van der Waals surface area contributed by atoms with Crippen LogP contribution in [-0.2, 0) is 9.59 Å². The summed E-state index contributed by atoms with van der Waals surface area (Å²) >= 11 is 0. The number of amides is 2. The first-order valence-electron chi connectivity index (χ1n) is 12.8. The average Bonchev–Trinajstić information content (AvgIpc) is 3.13. The lowest BCUT2D eigenvalue weighted by Gasteiger charge is -2.59. The van der Waals surface area contributed by atoms with E-state index in [1.807, 2.05) is 37.2 Å². The number of hydrogen-bond acceptors (Lipinski definition) is 3. The highest BCUT2D eigenvalue weighted by Gasteiger charge is 2.60. The molecule has 3 aliphatic carbocycles. The molecule has 0 radical (unpaired) electrons. The SMILES string of the molecule is CC1=C2N(C)C(=O)CC[C@]2(C)[C@H]2CC[C@]3(C)[C@@H](CC(=O)N(C)c4ccccn4)CC[C@H]3[C@@H]2C1. The molecule has 1 aliphatic heterocycles. The van der Waals surface area contributed by atoms with E-state index in [1.54, 1.807) is 11.1 Å². The number of rotatable bonds is 3. The Balaban J connectivity index is 1.37. The van der Waals surface area contributed by atoms with Gasteiger partial charge in [0.1, 0.15) is 5.82 Å². The van der Waals surface area contributed by atoms with Gasteiger partial charge in [0.15, 0.2) is 0 Å². The molecule has 5 nitrogen and oxygen atoms in total. The Hall–Kier alpha value is -2.17. The summed E-state index contributed by atoms with van der Waals surface area (Å²) in [5, 5.41) is 0. The molecule has 4 aliphatic rings. The fourth-order valence-corrected chi connectivity index (χ4v) is 8.58. The van der Waals surface area contributed by atoms with Crippen LogP contribution in [0.15, 0.2) is 35.7 Å². The molecule has 0 bridgehead atoms. The van der Waals surface area contributed by atoms with Crippen molar-refractivity contribution in [3.05, 3.63) is 35.7 Å². The maximum atomic E-state index is 13.2. The van der Waals surface area contributed by atoms with Gasteiger partial charge in [-0.1, -0.05) is 25.5 Å². The molecule has 5 rings (SSSR count). The smallest absolute Gasteiger partial charge is 0.228 e. The van der Waals surface area contributed by atoms with Crippen LogP contribution < -0.4 is 4.90 Å². The van der Waals surface area contributed by atoms with Gasteiger partial charge < -0.3 is 4.90 Å². The highest BCUT2D eigenvalue weighted by Crippen LogP contribution is 2.67. The van der Waals surface area contributed by atoms with Gasteiger partial charge >= 0.3 is 0 Å². The Morgan fingerprint density at radius 2 is 1.97 bits per heavy atom. The zero-order valence-electron chi connectivity index (χ0n) is 20.9. The largest absolute Gasteiger partial charge is 0.319 e. The zero-order valence-corrected chi connectivity index (χ0v) is 20.9. The van der Waals surface area contributed by atoms with E-state index in [2.05, 4.69) is 25.8 Å². The van der Waals surface area contributed by atoms with E-state index < -0.39 is 0 Å². The Morgan fingerprint density at radius 1 is 1.18 bits per heavy atom. The van der Waals surface area contributed by atoms with E-state index in [0.717, 1.165) is 25.1 Å². The number of nitrogens with zero attached hydrogens (tertiary/aromatic N) is 3. The highest BCUT2D eigenvalue weighted by atomic mass is 16.2. The fraction of sp³-hybridized carbons (Fsp3) is 0.679. The Morgan fingerprint density at radius 3 is 2.70 bits per heavy atom. The lowest BCUT2D eigenvalue weighted by molar-refractivity contribution is -0.136. The predicted molar refractivity (Wildman–Crippen MR) is 130 cm³/mol. The number of aromatic nitrogens is 1. The summed E-state index contributed by atoms with van der Waals surface area (Å²) in [5.74, 6) is 3.63. The van der Waals surface area contributed by atoms with Gasteiger partial charge in [-0.15, -0.1) is 0 Å². The van der Waals surface area contributed by atoms with Gasteiger partial charge in [0.2, 0.25) is 11.8 Å². The van der Waals surface area contributed by atoms with E-state index >= 15 is 0 Å². The van der Waals surface area contributed by atoms with Crippen molar-refractivity contribution in [1.82, 2.24) is 9.88 Å². The molecule has 6 atom stereocenters. The fourth-order valence-electron chi connectivity index (χ4n) is 8.58. The molecule has 5 heteroatoms. The van der Waals surface area contributed by atoms with Crippen LogP contribution in [0.25, 0.3) is 0 Å². The third kappa shape index (κ3) is 3.37. The second-order valence-electron chi connectivity index (χ2n) is 11.7. The van der Waals surface area contributed by atoms with Crippen molar-refractivity contribution >= 4 is 17.6 Å². The molecule has 3 fully saturated rings. The second-order valence-corrected chi connectivity index (χ2v) is 11.7. The van der Waals surface area contributed by atoms with Crippen LogP contribution in [0.1, 0.15) is 72.1 Å². The van der Waals surface area contributed by atoms with Crippen molar-refractivity contribution in [2.75, 3.05) is 19.0 Å². The van der Waals surface area contributed by atoms with Crippen molar-refractivity contribution in [3.63, 3.8) is 0 Å². The van der Waals surface area contributed by atoms with Crippen LogP contribution in [0.3, 0.4) is 0 Å². The number of carbonyl (C=O) groups is 2. The van der Waals surface area contributed by atoms with Crippen LogP contribution in [-0.4, -0.2) is 35.8 Å². The van der Waals surface area contributed by atoms with Gasteiger partial charge in [-0.3, -0.25) is 14.5 Å². The van der Waals surface area contributed by atoms with Crippen molar-refractivity contribution in [2.45, 2.75) is 72.1 Å². The van der Waals surface area contributed by atoms with E-state index in [4.69, 9.17) is 0 Å². The molecule has 2 amide bonds. The first-order valence-corrected chi connectivity index (χ1v) is 12.8. The lowest BCUT2D eigenvalue weighted by atomic mass is 9.48. The Bertz CT molecular complexity index is 988. The maximum absolute atomic E-state index is 13.2. The van der Waals surface area contributed by atoms with Crippen LogP contribution in [0.4, 0.5) is 5.82 Å². The Kier molecular flexibility index (Phi) is 5.45. The molecule has 1 saturated heterocycles. The summed E-state index contributed by atoms with van der Waals surface area (Å²) in [5.41, 5.74) is 3.09. The van der Waals surface area contributed by atoms with Crippen molar-refractivity contribution in [2.24, 2.45) is 34.5 Å². The van der Waals surface area contributed by atoms with E-state index in [0.29, 0.717) is 36.5 Å². The first kappa shape index (κ1) is 22.6. The van der Waals surface area contributed by atoms with Gasteiger partial charge in [0, 0.05) is 44.2 Å². The molecule has 1 aromatic heterocycles. The van der Waals surface area contributed by atoms with Gasteiger partial charge in [-0.05, 0) is 86.7 Å². The molecule has 2 saturated carbocycles. The first-order chi connectivity index (χ1) is 15.7. The van der Waals surface area contributed by atoms with E-state index in [1.165, 1.54) is 30.5 Å². The Labute approximate surface area is 198 Å². The lowest BCUT2D eigenvalue weighted by Crippen LogP contribution is -2.54. The minimum absolute atomic E-state index is 0.115. The van der Waals surface area contributed by atoms with Crippen LogP contribution in [0, 0.1) is 34.5 Å². The zero-order chi connectivity index (χ0) is 23.5. The average molecular weight is 450 g/mol. The standard InChI is InChI=1S/C28H39N3O2/c1-18-16-20-21-10-9-19(17-25(33)30(4)23-8-6-7-15-29-23)27(21,2)13-11-22(20)28(3)14-12-24(32)31(5)26(18)28/h6-8,15,19-22H,9-14,16-17H2,1-5H3/t19-,20+,21+,22+,27-,28-/m1/s1. The third-order valence-corrected chi connectivity index (χ3v) is 10.3. The van der Waals surface area contributed by atoms with Gasteiger partial charge in [0.05, 0.1) is 0 Å². The molecular weight excluding hydrogens is 410 g/mol. The summed E-state index contributed by atoms with van der Waals surface area (Å²) < 4.78 is 0. The molecule has 2 heterocycles. The molecule has 178 valence electrons. The molecule has 0 spiro atoms. The summed E-state index contributed by atoms with van der Waals surface area (Å²) in [6, 6.07) is 5.73. The number of allylic oxidation sites excluding steroid dienone is 2. The monoisotopic (exact) mass is 449 g/mol. The van der Waals surface area contributed by atoms with Crippen molar-refractivity contribution < 1.29 is 9.59 Å². The van der Waals surface area contributed by atoms with E-state index in [9.17, 15) is 9.59 Å². The van der Waals surface area contributed by atoms with Gasteiger partial charge in [-0.25, -0.2) is 4.98 Å². The van der Waals surface area contributed by atoms with E-state index in [-0.39, 0.29) is 22.6 Å². The predicted octanol–water partition coefficient (Wildman–Crippen LogP) is 5.43. The number of likely N-dealkylation sites (tertiary alicyclic amines) is 1. The topological polar surface area (TPSA) is 53.5 Å². The van der Waals surface area contributed by atoms with Crippen LogP contribution in [0.2, 0.25) is 0 Å². The third-order valence-electron chi connectivity index (χ3n) is 10.3. The molecule has 0 N–H and O–H groups in total. The number of carbonyl (C=O) groups excluding carboxylic acids is 2. The number of anilines is 1. The molecule has 0 aromatic carbocycles. The van der Waals surface area contributed by atoms with Crippen LogP contribution in [0.5, 0.6) is 0 Å². The highest BCUT2D eigenvalue weighted by molar-refractivity contribution is 5.92. The summed E-state index contributed by atoms with van der Waals surface area (Å²) in [4.78, 5) is 33.8. The summed E-state index contributed by atoms with van der Waals surface area (Å²) in [6.07, 6.45) is 9.94. The normalized spacial score (nSPS) is 38.0. The van der Waals surface area contributed by atoms with Crippen molar-refractivity contribution in [1.29, 1.82) is 0 Å². The molecule has 33 heavy (non-hydrogen) atoms. The van der Waals surface area contributed by atoms with Crippen molar-refractivity contribution in [3.8, 4) is 0 Å². The summed E-state index contributed by atoms with van der Waals surface area (Å²) in [7, 11) is 3.84. The van der Waals surface area contributed by atoms with Gasteiger partial charge in [0.25, 0.3) is 0 Å². The second kappa shape index (κ2) is 7.95. The minimum Gasteiger partial charge on any atom is -0.319 e. The summed E-state index contributed by atoms with van der Waals surface area (Å²) in [6.45, 7) is 7.18. The molecule has 1 aromatic rings. The number of fused-ring (bicyclic) bond motifs is 5. The molecule has 0 unspecified atom stereocenters. The number of piperidine rings is 1. The maximum Gasteiger partial charge on any atom is 0.228 e. The molecular formula is C28H39N3O2. The minimum atomic E-state index is 0.115. The quantitative estimate of drug-likeness (QED) is 0.618. The van der Waals surface area contributed by atoms with Crippen LogP contribution >= 0.6 is 0 Å². The number of hydrogen-bond donors (Lipinski definition) is 0.